The van der Waals surface area contributed by atoms with E-state index in [0.29, 0.717) is 50.2 Å². The van der Waals surface area contributed by atoms with E-state index in [2.05, 4.69) is 25.0 Å². The molecule has 1 saturated heterocycles. The van der Waals surface area contributed by atoms with E-state index in [1.807, 2.05) is 25.1 Å². The van der Waals surface area contributed by atoms with Crippen molar-refractivity contribution in [1.29, 1.82) is 0 Å². The predicted octanol–water partition coefficient (Wildman–Crippen LogP) is 3.61. The maximum atomic E-state index is 13.1. The van der Waals surface area contributed by atoms with Crippen LogP contribution in [0.2, 0.25) is 0 Å². The lowest BCUT2D eigenvalue weighted by Gasteiger charge is -2.36. The van der Waals surface area contributed by atoms with Crippen molar-refractivity contribution in [1.82, 2.24) is 25.0 Å². The maximum Gasteiger partial charge on any atom is 0.394 e. The van der Waals surface area contributed by atoms with Crippen LogP contribution in [0, 0.1) is 6.92 Å². The van der Waals surface area contributed by atoms with Gasteiger partial charge in [-0.25, -0.2) is 14.5 Å². The molecule has 0 atom stereocenters. The summed E-state index contributed by atoms with van der Waals surface area (Å²) in [6.07, 6.45) is -1.62. The van der Waals surface area contributed by atoms with Crippen LogP contribution in [0.25, 0.3) is 5.69 Å². The third kappa shape index (κ3) is 6.17. The Morgan fingerprint density at radius 2 is 1.91 bits per heavy atom. The highest BCUT2D eigenvalue weighted by Crippen LogP contribution is 2.29. The average molecular weight is 487 g/mol. The molecule has 0 aliphatic carbocycles. The first kappa shape index (κ1) is 24.2. The number of aromatic nitrogens is 3. The van der Waals surface area contributed by atoms with E-state index in [0.717, 1.165) is 11.4 Å². The third-order valence-corrected chi connectivity index (χ3v) is 5.59. The standard InChI is InChI=1S/C24H28F2N6O3/c1-17-28-16-32(29-17)21-8-7-19(14-22(21)34-3)30-9-11-31(12-10-30)23(33)27-15-18-5-4-6-20(13-18)35-24(2,25)26/h4-8,13-14,16H,9-12,15H2,1-3H3,(H,27,33). The van der Waals surface area contributed by atoms with Crippen molar-refractivity contribution in [2.24, 2.45) is 0 Å². The molecule has 1 aliphatic rings. The summed E-state index contributed by atoms with van der Waals surface area (Å²) in [6.45, 7) is 5.13. The summed E-state index contributed by atoms with van der Waals surface area (Å²) in [7, 11) is 1.62. The molecule has 2 amide bonds. The largest absolute Gasteiger partial charge is 0.494 e. The zero-order valence-electron chi connectivity index (χ0n) is 19.9. The number of nitrogens with one attached hydrogen (secondary N) is 1. The third-order valence-electron chi connectivity index (χ3n) is 5.59. The van der Waals surface area contributed by atoms with Gasteiger partial charge >= 0.3 is 12.1 Å². The number of nitrogens with zero attached hydrogens (tertiary/aromatic N) is 5. The number of urea groups is 1. The Morgan fingerprint density at radius 1 is 1.14 bits per heavy atom. The van der Waals surface area contributed by atoms with Crippen LogP contribution in [0.5, 0.6) is 11.5 Å². The van der Waals surface area contributed by atoms with Crippen molar-refractivity contribution >= 4 is 11.7 Å². The van der Waals surface area contributed by atoms with Crippen LogP contribution in [0.3, 0.4) is 0 Å². The number of benzene rings is 2. The van der Waals surface area contributed by atoms with Crippen LogP contribution in [-0.4, -0.2) is 65.1 Å². The van der Waals surface area contributed by atoms with Gasteiger partial charge in [0.2, 0.25) is 0 Å². The fraction of sp³-hybridized carbons (Fsp3) is 0.375. The topological polar surface area (TPSA) is 84.8 Å². The molecule has 9 nitrogen and oxygen atoms in total. The first-order valence-corrected chi connectivity index (χ1v) is 11.2. The second-order valence-corrected chi connectivity index (χ2v) is 8.28. The van der Waals surface area contributed by atoms with Gasteiger partial charge in [-0.15, -0.1) is 0 Å². The minimum absolute atomic E-state index is 0.0539. The molecule has 2 heterocycles. The molecule has 1 fully saturated rings. The van der Waals surface area contributed by atoms with E-state index in [9.17, 15) is 13.6 Å². The molecule has 1 aromatic heterocycles. The first-order chi connectivity index (χ1) is 16.7. The van der Waals surface area contributed by atoms with Gasteiger partial charge in [-0.05, 0) is 36.8 Å². The zero-order chi connectivity index (χ0) is 25.0. The normalized spacial score (nSPS) is 14.1. The summed E-state index contributed by atoms with van der Waals surface area (Å²) in [5, 5.41) is 7.19. The zero-order valence-corrected chi connectivity index (χ0v) is 19.9. The number of hydrogen-bond acceptors (Lipinski definition) is 6. The molecule has 35 heavy (non-hydrogen) atoms. The Labute approximate surface area is 202 Å². The number of carbonyl (C=O) groups excluding carboxylic acids is 1. The van der Waals surface area contributed by atoms with E-state index in [4.69, 9.17) is 4.74 Å². The summed E-state index contributed by atoms with van der Waals surface area (Å²) in [5.41, 5.74) is 2.47. The van der Waals surface area contributed by atoms with Crippen molar-refractivity contribution in [2.75, 3.05) is 38.2 Å². The smallest absolute Gasteiger partial charge is 0.394 e. The Hall–Kier alpha value is -3.89. The predicted molar refractivity (Wildman–Crippen MR) is 126 cm³/mol. The lowest BCUT2D eigenvalue weighted by molar-refractivity contribution is -0.158. The minimum Gasteiger partial charge on any atom is -0.494 e. The number of ether oxygens (including phenoxy) is 2. The fourth-order valence-electron chi connectivity index (χ4n) is 3.90. The van der Waals surface area contributed by atoms with Crippen LogP contribution in [-0.2, 0) is 6.54 Å². The Kier molecular flexibility index (Phi) is 7.04. The van der Waals surface area contributed by atoms with Crippen molar-refractivity contribution < 1.29 is 23.0 Å². The molecule has 2 aromatic carbocycles. The van der Waals surface area contributed by atoms with Crippen LogP contribution >= 0.6 is 0 Å². The van der Waals surface area contributed by atoms with Gasteiger partial charge in [0.15, 0.2) is 0 Å². The number of halogens is 2. The summed E-state index contributed by atoms with van der Waals surface area (Å²) in [4.78, 5) is 20.7. The maximum absolute atomic E-state index is 13.1. The van der Waals surface area contributed by atoms with Crippen molar-refractivity contribution in [2.45, 2.75) is 26.5 Å². The summed E-state index contributed by atoms with van der Waals surface area (Å²) >= 11 is 0. The number of aryl methyl sites for hydroxylation is 1. The van der Waals surface area contributed by atoms with E-state index < -0.39 is 6.11 Å². The van der Waals surface area contributed by atoms with Gasteiger partial charge in [-0.2, -0.15) is 13.9 Å². The molecular formula is C24H28F2N6O3. The van der Waals surface area contributed by atoms with E-state index in [1.54, 1.807) is 35.2 Å². The summed E-state index contributed by atoms with van der Waals surface area (Å²) < 4.78 is 38.0. The van der Waals surface area contributed by atoms with Gasteiger partial charge in [-0.1, -0.05) is 12.1 Å². The van der Waals surface area contributed by atoms with E-state index in [1.165, 1.54) is 12.1 Å². The highest BCUT2D eigenvalue weighted by molar-refractivity contribution is 5.74. The van der Waals surface area contributed by atoms with Gasteiger partial charge in [0.1, 0.15) is 29.3 Å². The van der Waals surface area contributed by atoms with Gasteiger partial charge in [0.25, 0.3) is 0 Å². The SMILES string of the molecule is COc1cc(N2CCN(C(=O)NCc3cccc(OC(C)(F)F)c3)CC2)ccc1-n1cnc(C)n1. The molecular weight excluding hydrogens is 458 g/mol. The molecule has 186 valence electrons. The molecule has 0 bridgehead atoms. The molecule has 0 unspecified atom stereocenters. The number of amides is 2. The number of hydrogen-bond donors (Lipinski definition) is 1. The van der Waals surface area contributed by atoms with Crippen LogP contribution < -0.4 is 19.7 Å². The van der Waals surface area contributed by atoms with Crippen molar-refractivity contribution in [3.63, 3.8) is 0 Å². The van der Waals surface area contributed by atoms with Gasteiger partial charge in [0.05, 0.1) is 7.11 Å². The number of piperazine rings is 1. The molecule has 0 radical (unpaired) electrons. The Balaban J connectivity index is 1.32. The first-order valence-electron chi connectivity index (χ1n) is 11.2. The number of rotatable bonds is 7. The monoisotopic (exact) mass is 486 g/mol. The van der Waals surface area contributed by atoms with Crippen LogP contribution in [0.1, 0.15) is 18.3 Å². The number of carbonyl (C=O) groups is 1. The van der Waals surface area contributed by atoms with Gasteiger partial charge in [-0.3, -0.25) is 0 Å². The number of alkyl halides is 2. The second kappa shape index (κ2) is 10.2. The van der Waals surface area contributed by atoms with Crippen molar-refractivity contribution in [3.8, 4) is 17.2 Å². The molecule has 3 aromatic rings. The molecule has 1 N–H and O–H groups in total. The van der Waals surface area contributed by atoms with Crippen LogP contribution in [0.4, 0.5) is 19.3 Å². The Bertz CT molecular complexity index is 1170. The quantitative estimate of drug-likeness (QED) is 0.549. The molecule has 1 aliphatic heterocycles. The molecule has 4 rings (SSSR count). The van der Waals surface area contributed by atoms with Crippen LogP contribution in [0.15, 0.2) is 48.8 Å². The highest BCUT2D eigenvalue weighted by atomic mass is 19.3. The average Bonchev–Trinajstić information content (AvgIpc) is 3.27. The highest BCUT2D eigenvalue weighted by Gasteiger charge is 2.24. The molecule has 0 saturated carbocycles. The fourth-order valence-corrected chi connectivity index (χ4v) is 3.90. The number of methoxy groups -OCH3 is 1. The summed E-state index contributed by atoms with van der Waals surface area (Å²) in [5.74, 6) is 1.41. The second-order valence-electron chi connectivity index (χ2n) is 8.28. The lowest BCUT2D eigenvalue weighted by Crippen LogP contribution is -2.51. The molecule has 0 spiro atoms. The van der Waals surface area contributed by atoms with E-state index >= 15 is 0 Å². The Morgan fingerprint density at radius 3 is 2.57 bits per heavy atom. The minimum atomic E-state index is -3.26. The number of anilines is 1. The molecule has 11 heteroatoms. The van der Waals surface area contributed by atoms with Gasteiger partial charge < -0.3 is 24.6 Å². The van der Waals surface area contributed by atoms with Crippen molar-refractivity contribution in [3.05, 3.63) is 60.2 Å². The lowest BCUT2D eigenvalue weighted by atomic mass is 10.2. The van der Waals surface area contributed by atoms with E-state index in [-0.39, 0.29) is 18.3 Å². The summed E-state index contributed by atoms with van der Waals surface area (Å²) in [6, 6.07) is 12.0. The van der Waals surface area contributed by atoms with Gasteiger partial charge in [0, 0.05) is 51.4 Å².